The first-order chi connectivity index (χ1) is 16.7. The van der Waals surface area contributed by atoms with Crippen molar-refractivity contribution in [2.75, 3.05) is 6.26 Å². The Kier molecular flexibility index (Phi) is 6.97. The monoisotopic (exact) mass is 500 g/mol. The molecule has 9 nitrogen and oxygen atoms in total. The van der Waals surface area contributed by atoms with E-state index >= 15 is 0 Å². The topological polar surface area (TPSA) is 121 Å². The number of nitrogens with zero attached hydrogens (tertiary/aromatic N) is 4. The van der Waals surface area contributed by atoms with E-state index in [2.05, 4.69) is 20.3 Å². The predicted molar refractivity (Wildman–Crippen MR) is 125 cm³/mol. The summed E-state index contributed by atoms with van der Waals surface area (Å²) in [7, 11) is -3.68. The molecule has 0 saturated heterocycles. The van der Waals surface area contributed by atoms with Gasteiger partial charge in [0.25, 0.3) is 5.89 Å². The van der Waals surface area contributed by atoms with Gasteiger partial charge in [-0.05, 0) is 48.9 Å². The Labute approximate surface area is 202 Å². The smallest absolute Gasteiger partial charge is 0.268 e. The first-order valence-corrected chi connectivity index (χ1v) is 13.0. The van der Waals surface area contributed by atoms with E-state index in [1.165, 1.54) is 12.1 Å². The van der Waals surface area contributed by atoms with Gasteiger partial charge in [0.15, 0.2) is 15.9 Å². The number of ether oxygens (including phenoxy) is 1. The molecule has 0 fully saturated rings. The molecule has 2 aromatic heterocycles. The van der Waals surface area contributed by atoms with Gasteiger partial charge in [0.2, 0.25) is 17.5 Å². The second-order valence-corrected chi connectivity index (χ2v) is 10.4. The third-order valence-electron chi connectivity index (χ3n) is 5.18. The van der Waals surface area contributed by atoms with E-state index in [1.54, 1.807) is 12.1 Å². The lowest BCUT2D eigenvalue weighted by Crippen LogP contribution is -2.08. The van der Waals surface area contributed by atoms with E-state index < -0.39 is 21.8 Å². The minimum Gasteiger partial charge on any atom is -0.481 e. The molecule has 0 aliphatic carbocycles. The van der Waals surface area contributed by atoms with Crippen LogP contribution in [0.2, 0.25) is 0 Å². The summed E-state index contributed by atoms with van der Waals surface area (Å²) in [6.45, 7) is 5.96. The lowest BCUT2D eigenvalue weighted by Gasteiger charge is -2.14. The Morgan fingerprint density at radius 1 is 0.943 bits per heavy atom. The Hall–Kier alpha value is -3.60. The van der Waals surface area contributed by atoms with E-state index in [-0.39, 0.29) is 22.5 Å². The van der Waals surface area contributed by atoms with Gasteiger partial charge in [0.05, 0.1) is 0 Å². The summed E-state index contributed by atoms with van der Waals surface area (Å²) < 4.78 is 54.4. The van der Waals surface area contributed by atoms with Crippen LogP contribution in [-0.4, -0.2) is 35.0 Å². The second-order valence-electron chi connectivity index (χ2n) is 8.40. The van der Waals surface area contributed by atoms with E-state index in [4.69, 9.17) is 13.8 Å². The van der Waals surface area contributed by atoms with Crippen molar-refractivity contribution in [3.8, 4) is 28.5 Å². The molecule has 4 rings (SSSR count). The summed E-state index contributed by atoms with van der Waals surface area (Å²) in [4.78, 5) is 8.37. The molecule has 4 aromatic rings. The van der Waals surface area contributed by atoms with E-state index in [9.17, 15) is 12.8 Å². The maximum absolute atomic E-state index is 14.3. The third kappa shape index (κ3) is 5.56. The minimum absolute atomic E-state index is 0.136. The van der Waals surface area contributed by atoms with Crippen molar-refractivity contribution >= 4 is 9.84 Å². The molecule has 0 saturated carbocycles. The molecule has 2 heterocycles. The average molecular weight is 501 g/mol. The maximum atomic E-state index is 14.3. The number of halogens is 1. The highest BCUT2D eigenvalue weighted by atomic mass is 32.2. The molecule has 0 bridgehead atoms. The van der Waals surface area contributed by atoms with Crippen LogP contribution in [0.25, 0.3) is 22.8 Å². The van der Waals surface area contributed by atoms with Crippen LogP contribution in [0, 0.1) is 5.82 Å². The summed E-state index contributed by atoms with van der Waals surface area (Å²) in [6.07, 6.45) is 1.82. The van der Waals surface area contributed by atoms with Crippen molar-refractivity contribution in [1.29, 1.82) is 0 Å². The maximum Gasteiger partial charge on any atom is 0.268 e. The average Bonchev–Trinajstić information content (AvgIpc) is 3.49. The van der Waals surface area contributed by atoms with E-state index in [0.29, 0.717) is 29.4 Å². The highest BCUT2D eigenvalue weighted by Crippen LogP contribution is 2.29. The van der Waals surface area contributed by atoms with Crippen LogP contribution in [0.1, 0.15) is 57.4 Å². The van der Waals surface area contributed by atoms with Gasteiger partial charge in [-0.25, -0.2) is 12.8 Å². The number of rotatable bonds is 9. The third-order valence-corrected chi connectivity index (χ3v) is 6.31. The van der Waals surface area contributed by atoms with Crippen LogP contribution in [0.15, 0.2) is 56.4 Å². The highest BCUT2D eigenvalue weighted by Gasteiger charge is 2.22. The Balaban J connectivity index is 1.52. The standard InChI is InChI=1S/C24H25FN4O5S/c1-5-6-19(32-17-10-7-15(8-11-17)21-26-23(14(2)3)33-28-21)24-27-22(29-34-24)16-9-12-20(18(25)13-16)35(4,30)31/h7-14,19H,5-6H2,1-4H3. The Morgan fingerprint density at radius 2 is 1.54 bits per heavy atom. The van der Waals surface area contributed by atoms with Crippen molar-refractivity contribution < 1.29 is 26.6 Å². The van der Waals surface area contributed by atoms with Crippen LogP contribution < -0.4 is 4.74 Å². The number of hydrogen-bond donors (Lipinski definition) is 0. The number of hydrogen-bond acceptors (Lipinski definition) is 9. The Bertz CT molecular complexity index is 1410. The van der Waals surface area contributed by atoms with Crippen molar-refractivity contribution in [3.63, 3.8) is 0 Å². The van der Waals surface area contributed by atoms with Gasteiger partial charge in [-0.15, -0.1) is 0 Å². The van der Waals surface area contributed by atoms with Gasteiger partial charge in [0, 0.05) is 23.3 Å². The zero-order valence-electron chi connectivity index (χ0n) is 19.7. The van der Waals surface area contributed by atoms with Crippen molar-refractivity contribution in [2.24, 2.45) is 0 Å². The molecule has 2 aromatic carbocycles. The quantitative estimate of drug-likeness (QED) is 0.298. The molecule has 0 aliphatic rings. The fourth-order valence-electron chi connectivity index (χ4n) is 3.35. The van der Waals surface area contributed by atoms with Crippen LogP contribution in [0.4, 0.5) is 4.39 Å². The largest absolute Gasteiger partial charge is 0.481 e. The van der Waals surface area contributed by atoms with Gasteiger partial charge < -0.3 is 13.8 Å². The molecule has 1 atom stereocenters. The van der Waals surface area contributed by atoms with Crippen LogP contribution >= 0.6 is 0 Å². The summed E-state index contributed by atoms with van der Waals surface area (Å²) in [6, 6.07) is 10.9. The molecule has 0 N–H and O–H groups in total. The van der Waals surface area contributed by atoms with Gasteiger partial charge >= 0.3 is 0 Å². The fourth-order valence-corrected chi connectivity index (χ4v) is 4.08. The zero-order chi connectivity index (χ0) is 25.2. The molecule has 0 spiro atoms. The normalized spacial score (nSPS) is 12.7. The molecule has 0 amide bonds. The number of benzene rings is 2. The molecule has 1 unspecified atom stereocenters. The first-order valence-electron chi connectivity index (χ1n) is 11.1. The van der Waals surface area contributed by atoms with Crippen molar-refractivity contribution in [1.82, 2.24) is 20.3 Å². The van der Waals surface area contributed by atoms with Crippen molar-refractivity contribution in [2.45, 2.75) is 50.5 Å². The van der Waals surface area contributed by atoms with Gasteiger partial charge in [-0.1, -0.05) is 37.5 Å². The SMILES string of the molecule is CCCC(Oc1ccc(-c2noc(C(C)C)n2)cc1)c1nc(-c2ccc(S(C)(=O)=O)c(F)c2)no1. The molecular formula is C24H25FN4O5S. The fraction of sp³-hybridized carbons (Fsp3) is 0.333. The minimum atomic E-state index is -3.68. The number of aromatic nitrogens is 4. The number of sulfone groups is 1. The summed E-state index contributed by atoms with van der Waals surface area (Å²) in [5, 5.41) is 7.94. The second kappa shape index (κ2) is 9.95. The summed E-state index contributed by atoms with van der Waals surface area (Å²) in [5.41, 5.74) is 1.09. The molecule has 0 aliphatic heterocycles. The van der Waals surface area contributed by atoms with E-state index in [1.807, 2.05) is 32.9 Å². The van der Waals surface area contributed by atoms with Crippen molar-refractivity contribution in [3.05, 3.63) is 60.1 Å². The van der Waals surface area contributed by atoms with Crippen LogP contribution in [0.5, 0.6) is 5.75 Å². The highest BCUT2D eigenvalue weighted by molar-refractivity contribution is 7.90. The lowest BCUT2D eigenvalue weighted by molar-refractivity contribution is 0.148. The van der Waals surface area contributed by atoms with Gasteiger partial charge in [-0.3, -0.25) is 0 Å². The van der Waals surface area contributed by atoms with E-state index in [0.717, 1.165) is 24.3 Å². The van der Waals surface area contributed by atoms with Crippen LogP contribution in [0.3, 0.4) is 0 Å². The molecule has 11 heteroatoms. The van der Waals surface area contributed by atoms with Gasteiger partial charge in [-0.2, -0.15) is 9.97 Å². The Morgan fingerprint density at radius 3 is 2.11 bits per heavy atom. The summed E-state index contributed by atoms with van der Waals surface area (Å²) >= 11 is 0. The molecule has 35 heavy (non-hydrogen) atoms. The summed E-state index contributed by atoms with van der Waals surface area (Å²) in [5.74, 6) is 1.29. The molecule has 184 valence electrons. The lowest BCUT2D eigenvalue weighted by atomic mass is 10.2. The zero-order valence-corrected chi connectivity index (χ0v) is 20.5. The predicted octanol–water partition coefficient (Wildman–Crippen LogP) is 5.37. The first kappa shape index (κ1) is 24.5. The van der Waals surface area contributed by atoms with Crippen LogP contribution in [-0.2, 0) is 9.84 Å². The molecule has 0 radical (unpaired) electrons. The molecular weight excluding hydrogens is 475 g/mol. The van der Waals surface area contributed by atoms with Gasteiger partial charge in [0.1, 0.15) is 16.5 Å².